The SMILES string of the molecule is CC/C=C/C/C=C/C/C=C/C/C=C/C/C=C/C/C=C/CCC(=O)OC[C@@H](COC(=O)CCCCCCCCCCCCCCCCCC)OC(=O)CCCCCC/C=C/C/C=C/C/C=C/CCCCC. The maximum atomic E-state index is 12.9. The van der Waals surface area contributed by atoms with Crippen LogP contribution >= 0.6 is 0 Å². The number of unbranched alkanes of at least 4 members (excludes halogenated alkanes) is 22. The number of rotatable bonds is 51. The lowest BCUT2D eigenvalue weighted by molar-refractivity contribution is -0.166. The van der Waals surface area contributed by atoms with Gasteiger partial charge >= 0.3 is 17.9 Å². The van der Waals surface area contributed by atoms with E-state index in [1.54, 1.807) is 0 Å². The zero-order valence-corrected chi connectivity index (χ0v) is 45.5. The molecule has 0 rings (SSSR count). The Morgan fingerprint density at radius 1 is 0.300 bits per heavy atom. The minimum atomic E-state index is -0.821. The molecule has 0 spiro atoms. The third-order valence-corrected chi connectivity index (χ3v) is 12.0. The largest absolute Gasteiger partial charge is 0.462 e. The van der Waals surface area contributed by atoms with Gasteiger partial charge in [-0.25, -0.2) is 0 Å². The van der Waals surface area contributed by atoms with E-state index in [9.17, 15) is 14.4 Å². The highest BCUT2D eigenvalue weighted by Gasteiger charge is 2.19. The van der Waals surface area contributed by atoms with Crippen LogP contribution in [0.15, 0.2) is 109 Å². The van der Waals surface area contributed by atoms with E-state index in [1.807, 2.05) is 6.08 Å². The molecule has 0 fully saturated rings. The first-order valence-electron chi connectivity index (χ1n) is 28.9. The van der Waals surface area contributed by atoms with Crippen LogP contribution < -0.4 is 0 Å². The van der Waals surface area contributed by atoms with Crippen molar-refractivity contribution < 1.29 is 28.6 Å². The van der Waals surface area contributed by atoms with Crippen LogP contribution in [-0.4, -0.2) is 37.2 Å². The van der Waals surface area contributed by atoms with Crippen LogP contribution in [0.4, 0.5) is 0 Å². The maximum absolute atomic E-state index is 12.9. The summed E-state index contributed by atoms with van der Waals surface area (Å²) < 4.78 is 16.8. The van der Waals surface area contributed by atoms with Crippen molar-refractivity contribution in [2.75, 3.05) is 13.2 Å². The van der Waals surface area contributed by atoms with Gasteiger partial charge in [-0.1, -0.05) is 252 Å². The number of carbonyl (C=O) groups excluding carboxylic acids is 3. The first-order valence-corrected chi connectivity index (χ1v) is 28.9. The molecule has 0 aliphatic heterocycles. The summed E-state index contributed by atoms with van der Waals surface area (Å²) in [5, 5.41) is 0. The van der Waals surface area contributed by atoms with Gasteiger partial charge < -0.3 is 14.2 Å². The van der Waals surface area contributed by atoms with Crippen LogP contribution in [0.3, 0.4) is 0 Å². The molecule has 0 saturated heterocycles. The third kappa shape index (κ3) is 55.0. The molecule has 0 aromatic heterocycles. The highest BCUT2D eigenvalue weighted by atomic mass is 16.6. The molecule has 0 amide bonds. The Hall–Kier alpha value is -3.93. The van der Waals surface area contributed by atoms with Gasteiger partial charge in [-0.2, -0.15) is 0 Å². The monoisotopic (exact) mass is 971 g/mol. The molecule has 0 saturated carbocycles. The Morgan fingerprint density at radius 3 is 0.986 bits per heavy atom. The second-order valence-electron chi connectivity index (χ2n) is 18.8. The second-order valence-corrected chi connectivity index (χ2v) is 18.8. The summed E-state index contributed by atoms with van der Waals surface area (Å²) in [7, 11) is 0. The van der Waals surface area contributed by atoms with E-state index in [-0.39, 0.29) is 44.0 Å². The van der Waals surface area contributed by atoms with Crippen LogP contribution in [0.1, 0.15) is 258 Å². The summed E-state index contributed by atoms with van der Waals surface area (Å²) in [4.78, 5) is 38.1. The molecule has 0 unspecified atom stereocenters. The number of carbonyl (C=O) groups is 3. The van der Waals surface area contributed by atoms with Crippen molar-refractivity contribution in [2.24, 2.45) is 0 Å². The molecule has 0 N–H and O–H groups in total. The number of allylic oxidation sites excluding steroid dienone is 18. The predicted octanol–water partition coefficient (Wildman–Crippen LogP) is 19.5. The van der Waals surface area contributed by atoms with Crippen LogP contribution in [0.5, 0.6) is 0 Å². The number of hydrogen-bond acceptors (Lipinski definition) is 6. The molecule has 0 aromatic rings. The molecule has 0 aromatic carbocycles. The number of ether oxygens (including phenoxy) is 3. The Labute approximate surface area is 431 Å². The zero-order chi connectivity index (χ0) is 50.7. The molecule has 0 aliphatic carbocycles. The fourth-order valence-corrected chi connectivity index (χ4v) is 7.71. The fourth-order valence-electron chi connectivity index (χ4n) is 7.71. The summed E-state index contributed by atoms with van der Waals surface area (Å²) in [6, 6.07) is 0. The van der Waals surface area contributed by atoms with E-state index in [1.165, 1.54) is 109 Å². The summed E-state index contributed by atoms with van der Waals surface area (Å²) in [6.07, 6.45) is 78.0. The zero-order valence-electron chi connectivity index (χ0n) is 45.5. The van der Waals surface area contributed by atoms with Crippen LogP contribution in [0.2, 0.25) is 0 Å². The lowest BCUT2D eigenvalue weighted by Gasteiger charge is -2.18. The van der Waals surface area contributed by atoms with Gasteiger partial charge in [-0.05, 0) is 96.3 Å². The van der Waals surface area contributed by atoms with E-state index in [0.29, 0.717) is 12.8 Å². The molecule has 0 heterocycles. The topological polar surface area (TPSA) is 78.9 Å². The number of hydrogen-bond donors (Lipinski definition) is 0. The smallest absolute Gasteiger partial charge is 0.306 e. The Bertz CT molecular complexity index is 1440. The van der Waals surface area contributed by atoms with Crippen molar-refractivity contribution in [3.63, 3.8) is 0 Å². The van der Waals surface area contributed by atoms with Crippen LogP contribution in [0, 0.1) is 0 Å². The average molecular weight is 972 g/mol. The average Bonchev–Trinajstić information content (AvgIpc) is 3.36. The normalized spacial score (nSPS) is 12.9. The van der Waals surface area contributed by atoms with Gasteiger partial charge in [0.15, 0.2) is 6.10 Å². The van der Waals surface area contributed by atoms with Gasteiger partial charge in [0.2, 0.25) is 0 Å². The van der Waals surface area contributed by atoms with Gasteiger partial charge in [0, 0.05) is 19.3 Å². The molecule has 0 bridgehead atoms. The lowest BCUT2D eigenvalue weighted by atomic mass is 10.0. The molecule has 70 heavy (non-hydrogen) atoms. The van der Waals surface area contributed by atoms with E-state index in [0.717, 1.165) is 103 Å². The molecule has 398 valence electrons. The lowest BCUT2D eigenvalue weighted by Crippen LogP contribution is -2.30. The molecule has 6 heteroatoms. The van der Waals surface area contributed by atoms with Crippen molar-refractivity contribution in [2.45, 2.75) is 264 Å². The Balaban J connectivity index is 4.54. The summed E-state index contributed by atoms with van der Waals surface area (Å²) in [6.45, 7) is 6.42. The highest BCUT2D eigenvalue weighted by molar-refractivity contribution is 5.71. The number of esters is 3. The minimum Gasteiger partial charge on any atom is -0.462 e. The van der Waals surface area contributed by atoms with E-state index in [4.69, 9.17) is 14.2 Å². The Morgan fingerprint density at radius 2 is 0.586 bits per heavy atom. The van der Waals surface area contributed by atoms with Crippen LogP contribution in [-0.2, 0) is 28.6 Å². The molecular formula is C64H106O6. The van der Waals surface area contributed by atoms with E-state index in [2.05, 4.69) is 124 Å². The molecule has 0 radical (unpaired) electrons. The Kier molecular flexibility index (Phi) is 54.4. The quantitative estimate of drug-likeness (QED) is 0.0262. The molecule has 0 aliphatic rings. The van der Waals surface area contributed by atoms with Gasteiger partial charge in [-0.15, -0.1) is 0 Å². The summed E-state index contributed by atoms with van der Waals surface area (Å²) in [5.74, 6) is -1.02. The van der Waals surface area contributed by atoms with Gasteiger partial charge in [0.05, 0.1) is 0 Å². The van der Waals surface area contributed by atoms with E-state index >= 15 is 0 Å². The van der Waals surface area contributed by atoms with Crippen molar-refractivity contribution in [1.82, 2.24) is 0 Å². The molecule has 1 atom stereocenters. The summed E-state index contributed by atoms with van der Waals surface area (Å²) in [5.41, 5.74) is 0. The van der Waals surface area contributed by atoms with Gasteiger partial charge in [-0.3, -0.25) is 14.4 Å². The van der Waals surface area contributed by atoms with Gasteiger partial charge in [0.1, 0.15) is 13.2 Å². The highest BCUT2D eigenvalue weighted by Crippen LogP contribution is 2.15. The van der Waals surface area contributed by atoms with E-state index < -0.39 is 6.10 Å². The van der Waals surface area contributed by atoms with Crippen molar-refractivity contribution in [3.8, 4) is 0 Å². The first kappa shape index (κ1) is 66.1. The first-order chi connectivity index (χ1) is 34.5. The molecular weight excluding hydrogens is 865 g/mol. The second kappa shape index (κ2) is 57.6. The van der Waals surface area contributed by atoms with Crippen molar-refractivity contribution in [3.05, 3.63) is 109 Å². The summed E-state index contributed by atoms with van der Waals surface area (Å²) >= 11 is 0. The minimum absolute atomic E-state index is 0.110. The fraction of sp³-hybridized carbons (Fsp3) is 0.672. The maximum Gasteiger partial charge on any atom is 0.306 e. The standard InChI is InChI=1S/C64H106O6/c1-4-7-10-13-16-19-22-25-28-31-32-34-36-39-42-45-48-51-54-57-63(66)69-60-61(59-68-62(65)56-53-50-47-44-41-38-35-30-27-24-21-18-15-12-9-6-3)70-64(67)58-55-52-49-46-43-40-37-33-29-26-23-20-17-14-11-8-5-2/h7,10,16-17,19-20,25-26,28-29,32,34,37,39-40,42,48,51,61H,4-6,8-9,11-15,18,21-24,27,30-31,33,35-36,38,41,43-47,49-50,52-60H2,1-3H3/b10-7+,19-16+,20-17+,28-25+,29-26+,34-32+,40-37+,42-39+,51-48+/t61-/m1/s1. The van der Waals surface area contributed by atoms with Gasteiger partial charge in [0.25, 0.3) is 0 Å². The van der Waals surface area contributed by atoms with Crippen LogP contribution in [0.25, 0.3) is 0 Å². The third-order valence-electron chi connectivity index (χ3n) is 12.0. The molecule has 6 nitrogen and oxygen atoms in total. The van der Waals surface area contributed by atoms with Crippen molar-refractivity contribution in [1.29, 1.82) is 0 Å². The predicted molar refractivity (Wildman–Crippen MR) is 302 cm³/mol. The van der Waals surface area contributed by atoms with Crippen molar-refractivity contribution >= 4 is 17.9 Å².